The molecule has 0 radical (unpaired) electrons. The molecule has 0 spiro atoms. The second-order valence-corrected chi connectivity index (χ2v) is 3.05. The summed E-state index contributed by atoms with van der Waals surface area (Å²) in [5.41, 5.74) is 5.19. The van der Waals surface area contributed by atoms with Crippen LogP contribution in [0.2, 0.25) is 0 Å². The maximum atomic E-state index is 11.6. The first-order valence-electron chi connectivity index (χ1n) is 5.04. The van der Waals surface area contributed by atoms with E-state index in [9.17, 15) is 9.59 Å². The van der Waals surface area contributed by atoms with Gasteiger partial charge in [-0.25, -0.2) is 0 Å². The van der Waals surface area contributed by atoms with Crippen molar-refractivity contribution in [1.29, 1.82) is 0 Å². The van der Waals surface area contributed by atoms with E-state index in [1.54, 1.807) is 0 Å². The van der Waals surface area contributed by atoms with Crippen molar-refractivity contribution in [2.24, 2.45) is 5.73 Å². The zero-order valence-corrected chi connectivity index (χ0v) is 9.44. The Morgan fingerprint density at radius 3 is 2.62 bits per heavy atom. The van der Waals surface area contributed by atoms with Crippen LogP contribution in [0, 0.1) is 0 Å². The molecule has 94 valence electrons. The quantitative estimate of drug-likeness (QED) is 0.423. The molecule has 0 atom stereocenters. The van der Waals surface area contributed by atoms with Gasteiger partial charge in [0.1, 0.15) is 0 Å². The molecule has 16 heavy (non-hydrogen) atoms. The van der Waals surface area contributed by atoms with Gasteiger partial charge in [0.05, 0.1) is 13.2 Å². The van der Waals surface area contributed by atoms with Crippen LogP contribution in [-0.4, -0.2) is 68.3 Å². The summed E-state index contributed by atoms with van der Waals surface area (Å²) >= 11 is 0. The van der Waals surface area contributed by atoms with Gasteiger partial charge >= 0.3 is 11.8 Å². The van der Waals surface area contributed by atoms with Crippen LogP contribution in [0.5, 0.6) is 0 Å². The molecular weight excluding hydrogens is 214 g/mol. The summed E-state index contributed by atoms with van der Waals surface area (Å²) in [5, 5.41) is 11.1. The second-order valence-electron chi connectivity index (χ2n) is 3.05. The molecule has 0 heterocycles. The molecule has 0 fully saturated rings. The number of ether oxygens (including phenoxy) is 1. The largest absolute Gasteiger partial charge is 0.395 e. The van der Waals surface area contributed by atoms with Crippen molar-refractivity contribution < 1.29 is 19.4 Å². The van der Waals surface area contributed by atoms with Crippen LogP contribution in [0.4, 0.5) is 0 Å². The van der Waals surface area contributed by atoms with Crippen LogP contribution in [0.1, 0.15) is 0 Å². The molecule has 0 aliphatic rings. The van der Waals surface area contributed by atoms with E-state index < -0.39 is 11.8 Å². The molecule has 7 nitrogen and oxygen atoms in total. The molecule has 0 unspecified atom stereocenters. The monoisotopic (exact) mass is 233 g/mol. The second kappa shape index (κ2) is 9.08. The van der Waals surface area contributed by atoms with E-state index in [-0.39, 0.29) is 32.8 Å². The summed E-state index contributed by atoms with van der Waals surface area (Å²) in [5.74, 6) is -1.39. The average molecular weight is 233 g/mol. The van der Waals surface area contributed by atoms with Crippen molar-refractivity contribution in [1.82, 2.24) is 10.2 Å². The normalized spacial score (nSPS) is 9.94. The van der Waals surface area contributed by atoms with Gasteiger partial charge in [0, 0.05) is 33.3 Å². The van der Waals surface area contributed by atoms with Gasteiger partial charge in [0.25, 0.3) is 0 Å². The van der Waals surface area contributed by atoms with E-state index in [0.29, 0.717) is 6.61 Å². The van der Waals surface area contributed by atoms with Gasteiger partial charge in [0.15, 0.2) is 0 Å². The molecule has 4 N–H and O–H groups in total. The molecule has 0 aliphatic carbocycles. The maximum Gasteiger partial charge on any atom is 0.312 e. The van der Waals surface area contributed by atoms with Gasteiger partial charge in [0.2, 0.25) is 0 Å². The number of methoxy groups -OCH3 is 1. The lowest BCUT2D eigenvalue weighted by Crippen LogP contribution is -2.46. The highest BCUT2D eigenvalue weighted by Gasteiger charge is 2.20. The summed E-state index contributed by atoms with van der Waals surface area (Å²) in [6.45, 7) is 1.03. The number of nitrogens with two attached hydrogens (primary N) is 1. The standard InChI is InChI=1S/C9H19N3O4/c1-16-7-5-12(4-6-13)9(15)8(14)11-3-2-10/h13H,2-7,10H2,1H3,(H,11,14). The van der Waals surface area contributed by atoms with Crippen molar-refractivity contribution in [3.63, 3.8) is 0 Å². The first kappa shape index (κ1) is 14.8. The molecule has 2 amide bonds. The number of aliphatic hydroxyl groups is 1. The Kier molecular flexibility index (Phi) is 8.41. The number of rotatable bonds is 7. The third-order valence-corrected chi connectivity index (χ3v) is 1.85. The van der Waals surface area contributed by atoms with E-state index in [1.165, 1.54) is 12.0 Å². The van der Waals surface area contributed by atoms with E-state index in [1.807, 2.05) is 0 Å². The molecule has 0 bridgehead atoms. The summed E-state index contributed by atoms with van der Waals surface area (Å²) < 4.78 is 4.80. The molecule has 0 aliphatic heterocycles. The summed E-state index contributed by atoms with van der Waals surface area (Å²) in [6, 6.07) is 0. The molecule has 0 saturated heterocycles. The minimum atomic E-state index is -0.713. The Labute approximate surface area is 94.5 Å². The number of carbonyl (C=O) groups excluding carboxylic acids is 2. The number of nitrogens with zero attached hydrogens (tertiary/aromatic N) is 1. The van der Waals surface area contributed by atoms with Crippen LogP contribution in [0.15, 0.2) is 0 Å². The number of hydrogen-bond donors (Lipinski definition) is 3. The Morgan fingerprint density at radius 2 is 2.12 bits per heavy atom. The van der Waals surface area contributed by atoms with Crippen molar-refractivity contribution in [3.05, 3.63) is 0 Å². The van der Waals surface area contributed by atoms with Gasteiger partial charge in [-0.05, 0) is 0 Å². The summed E-state index contributed by atoms with van der Waals surface area (Å²) in [4.78, 5) is 24.1. The van der Waals surface area contributed by atoms with E-state index >= 15 is 0 Å². The lowest BCUT2D eigenvalue weighted by Gasteiger charge is -2.20. The number of hydrogen-bond acceptors (Lipinski definition) is 5. The van der Waals surface area contributed by atoms with Crippen LogP contribution >= 0.6 is 0 Å². The zero-order valence-electron chi connectivity index (χ0n) is 9.44. The van der Waals surface area contributed by atoms with Crippen LogP contribution in [0.3, 0.4) is 0 Å². The number of amides is 2. The summed E-state index contributed by atoms with van der Waals surface area (Å²) in [6.07, 6.45) is 0. The predicted octanol–water partition coefficient (Wildman–Crippen LogP) is -2.47. The number of carbonyl (C=O) groups is 2. The molecule has 0 aromatic heterocycles. The molecule has 7 heteroatoms. The first-order chi connectivity index (χ1) is 7.67. The molecular formula is C9H19N3O4. The minimum absolute atomic E-state index is 0.109. The molecule has 0 rings (SSSR count). The number of nitrogens with one attached hydrogen (secondary N) is 1. The van der Waals surface area contributed by atoms with E-state index in [2.05, 4.69) is 5.32 Å². The van der Waals surface area contributed by atoms with Crippen LogP contribution < -0.4 is 11.1 Å². The van der Waals surface area contributed by atoms with Gasteiger partial charge in [-0.1, -0.05) is 0 Å². The summed E-state index contributed by atoms with van der Waals surface area (Å²) in [7, 11) is 1.50. The molecule has 0 saturated carbocycles. The average Bonchev–Trinajstić information content (AvgIpc) is 2.30. The van der Waals surface area contributed by atoms with Gasteiger partial charge in [-0.2, -0.15) is 0 Å². The zero-order chi connectivity index (χ0) is 12.4. The minimum Gasteiger partial charge on any atom is -0.395 e. The fourth-order valence-corrected chi connectivity index (χ4v) is 1.04. The van der Waals surface area contributed by atoms with Crippen molar-refractivity contribution in [3.8, 4) is 0 Å². The maximum absolute atomic E-state index is 11.6. The smallest absolute Gasteiger partial charge is 0.312 e. The lowest BCUT2D eigenvalue weighted by molar-refractivity contribution is -0.146. The number of aliphatic hydroxyl groups excluding tert-OH is 1. The van der Waals surface area contributed by atoms with Crippen molar-refractivity contribution in [2.75, 3.05) is 46.5 Å². The van der Waals surface area contributed by atoms with Crippen LogP contribution in [-0.2, 0) is 14.3 Å². The predicted molar refractivity (Wildman–Crippen MR) is 57.6 cm³/mol. The first-order valence-corrected chi connectivity index (χ1v) is 5.04. The Hall–Kier alpha value is -1.18. The van der Waals surface area contributed by atoms with Crippen molar-refractivity contribution >= 4 is 11.8 Å². The van der Waals surface area contributed by atoms with Crippen LogP contribution in [0.25, 0.3) is 0 Å². The highest BCUT2D eigenvalue weighted by molar-refractivity contribution is 6.35. The van der Waals surface area contributed by atoms with E-state index in [0.717, 1.165) is 0 Å². The lowest BCUT2D eigenvalue weighted by atomic mass is 10.4. The van der Waals surface area contributed by atoms with Crippen molar-refractivity contribution in [2.45, 2.75) is 0 Å². The molecule has 0 aromatic carbocycles. The third-order valence-electron chi connectivity index (χ3n) is 1.85. The molecule has 0 aromatic rings. The Balaban J connectivity index is 4.18. The Morgan fingerprint density at radius 1 is 1.44 bits per heavy atom. The highest BCUT2D eigenvalue weighted by atomic mass is 16.5. The van der Waals surface area contributed by atoms with Gasteiger partial charge in [-0.3, -0.25) is 9.59 Å². The van der Waals surface area contributed by atoms with Gasteiger partial charge < -0.3 is 25.8 Å². The van der Waals surface area contributed by atoms with Gasteiger partial charge in [-0.15, -0.1) is 0 Å². The fourth-order valence-electron chi connectivity index (χ4n) is 1.04. The highest BCUT2D eigenvalue weighted by Crippen LogP contribution is 1.90. The third kappa shape index (κ3) is 5.64. The fraction of sp³-hybridized carbons (Fsp3) is 0.778. The SMILES string of the molecule is COCCN(CCO)C(=O)C(=O)NCCN. The Bertz CT molecular complexity index is 223. The van der Waals surface area contributed by atoms with E-state index in [4.69, 9.17) is 15.6 Å². The topological polar surface area (TPSA) is 105 Å².